The topological polar surface area (TPSA) is 3.88 Å². The van der Waals surface area contributed by atoms with Gasteiger partial charge in [0, 0.05) is 12.1 Å². The highest BCUT2D eigenvalue weighted by atomic mass is 14.9. The molecule has 0 atom stereocenters. The van der Waals surface area contributed by atoms with E-state index in [0.29, 0.717) is 0 Å². The first-order chi connectivity index (χ1) is 15.7. The molecule has 1 heterocycles. The van der Waals surface area contributed by atoms with Crippen LogP contribution in [0.25, 0.3) is 44.5 Å². The van der Waals surface area contributed by atoms with Crippen molar-refractivity contribution in [3.05, 3.63) is 127 Å². The Morgan fingerprint density at radius 1 is 0.469 bits per heavy atom. The predicted octanol–water partition coefficient (Wildman–Crippen LogP) is 7.49. The molecular formula is C31H26N+. The van der Waals surface area contributed by atoms with Crippen molar-refractivity contribution < 1.29 is 4.57 Å². The average molecular weight is 413 g/mol. The highest BCUT2D eigenvalue weighted by Crippen LogP contribution is 2.43. The second kappa shape index (κ2) is 8.64. The van der Waals surface area contributed by atoms with E-state index in [-0.39, 0.29) is 0 Å². The maximum absolute atomic E-state index is 2.34. The maximum atomic E-state index is 2.34. The molecule has 154 valence electrons. The zero-order valence-electron chi connectivity index (χ0n) is 18.5. The Bertz CT molecular complexity index is 1270. The zero-order chi connectivity index (χ0) is 21.9. The van der Waals surface area contributed by atoms with Gasteiger partial charge in [0.1, 0.15) is 7.05 Å². The van der Waals surface area contributed by atoms with Gasteiger partial charge >= 0.3 is 0 Å². The summed E-state index contributed by atoms with van der Waals surface area (Å²) in [7, 11) is 2.06. The van der Waals surface area contributed by atoms with Gasteiger partial charge in [-0.25, -0.2) is 4.57 Å². The van der Waals surface area contributed by atoms with Crippen molar-refractivity contribution in [3.8, 4) is 44.5 Å². The van der Waals surface area contributed by atoms with E-state index in [2.05, 4.69) is 140 Å². The molecule has 0 bridgehead atoms. The Morgan fingerprint density at radius 2 is 0.969 bits per heavy atom. The molecule has 0 aliphatic rings. The third-order valence-corrected chi connectivity index (χ3v) is 5.96. The van der Waals surface area contributed by atoms with E-state index in [1.165, 1.54) is 50.1 Å². The number of benzene rings is 4. The maximum Gasteiger partial charge on any atom is 0.169 e. The van der Waals surface area contributed by atoms with Gasteiger partial charge in [-0.1, -0.05) is 90.5 Å². The monoisotopic (exact) mass is 412 g/mol. The van der Waals surface area contributed by atoms with Crippen LogP contribution in [0.1, 0.15) is 5.56 Å². The van der Waals surface area contributed by atoms with Gasteiger partial charge in [0.05, 0.1) is 0 Å². The first-order valence-electron chi connectivity index (χ1n) is 11.0. The molecule has 0 saturated heterocycles. The molecule has 0 unspecified atom stereocenters. The minimum atomic E-state index is 1.22. The quantitative estimate of drug-likeness (QED) is 0.269. The van der Waals surface area contributed by atoms with Crippen LogP contribution in [0.15, 0.2) is 122 Å². The van der Waals surface area contributed by atoms with Crippen LogP contribution in [0.3, 0.4) is 0 Å². The van der Waals surface area contributed by atoms with Crippen molar-refractivity contribution in [1.82, 2.24) is 0 Å². The lowest BCUT2D eigenvalue weighted by Crippen LogP contribution is -2.25. The van der Waals surface area contributed by atoms with Crippen molar-refractivity contribution in [2.24, 2.45) is 7.05 Å². The smallest absolute Gasteiger partial charge is 0.169 e. The van der Waals surface area contributed by atoms with Crippen LogP contribution in [0.2, 0.25) is 0 Å². The fourth-order valence-corrected chi connectivity index (χ4v) is 4.22. The van der Waals surface area contributed by atoms with Gasteiger partial charge < -0.3 is 0 Å². The zero-order valence-corrected chi connectivity index (χ0v) is 18.5. The molecule has 0 spiro atoms. The van der Waals surface area contributed by atoms with Crippen molar-refractivity contribution in [3.63, 3.8) is 0 Å². The fraction of sp³-hybridized carbons (Fsp3) is 0.0645. The summed E-state index contributed by atoms with van der Waals surface area (Å²) in [5, 5.41) is 0. The Morgan fingerprint density at radius 3 is 1.47 bits per heavy atom. The largest absolute Gasteiger partial charge is 0.208 e. The molecule has 5 rings (SSSR count). The summed E-state index contributed by atoms with van der Waals surface area (Å²) >= 11 is 0. The van der Waals surface area contributed by atoms with Crippen LogP contribution >= 0.6 is 0 Å². The van der Waals surface area contributed by atoms with Gasteiger partial charge in [-0.15, -0.1) is 0 Å². The summed E-state index contributed by atoms with van der Waals surface area (Å²) in [6, 6.07) is 39.3. The molecule has 0 fully saturated rings. The summed E-state index contributed by atoms with van der Waals surface area (Å²) in [5.41, 5.74) is 11.2. The predicted molar refractivity (Wildman–Crippen MR) is 134 cm³/mol. The van der Waals surface area contributed by atoms with Crippen molar-refractivity contribution >= 4 is 0 Å². The van der Waals surface area contributed by atoms with Crippen molar-refractivity contribution in [2.45, 2.75) is 6.92 Å². The second-order valence-electron chi connectivity index (χ2n) is 8.30. The lowest BCUT2D eigenvalue weighted by Gasteiger charge is -2.19. The molecule has 5 aromatic rings. The summed E-state index contributed by atoms with van der Waals surface area (Å²) in [5.74, 6) is 0. The molecule has 0 saturated carbocycles. The highest BCUT2D eigenvalue weighted by molar-refractivity contribution is 5.97. The average Bonchev–Trinajstić information content (AvgIpc) is 2.85. The molecule has 0 N–H and O–H groups in total. The molecular weight excluding hydrogens is 386 g/mol. The normalized spacial score (nSPS) is 10.8. The lowest BCUT2D eigenvalue weighted by atomic mass is 9.85. The van der Waals surface area contributed by atoms with E-state index in [4.69, 9.17) is 0 Å². The van der Waals surface area contributed by atoms with Crippen LogP contribution in [0.4, 0.5) is 0 Å². The van der Waals surface area contributed by atoms with E-state index in [1.54, 1.807) is 0 Å². The Kier molecular flexibility index (Phi) is 5.39. The van der Waals surface area contributed by atoms with Crippen molar-refractivity contribution in [1.29, 1.82) is 0 Å². The lowest BCUT2D eigenvalue weighted by molar-refractivity contribution is -0.671. The van der Waals surface area contributed by atoms with Gasteiger partial charge in [-0.3, -0.25) is 0 Å². The van der Waals surface area contributed by atoms with Crippen LogP contribution in [0.5, 0.6) is 0 Å². The number of aromatic nitrogens is 1. The summed E-state index contributed by atoms with van der Waals surface area (Å²) in [4.78, 5) is 0. The van der Waals surface area contributed by atoms with E-state index in [9.17, 15) is 0 Å². The first-order valence-corrected chi connectivity index (χ1v) is 11.0. The molecule has 0 aliphatic carbocycles. The van der Waals surface area contributed by atoms with Gasteiger partial charge in [0.15, 0.2) is 12.4 Å². The standard InChI is InChI=1S/C31H26N/c1-23-13-15-24(16-14-23)28-21-29(25-9-5-3-6-10-25)31(27-17-19-32(2)20-18-27)30(22-28)26-11-7-4-8-12-26/h3-22H,1-2H3/q+1. The summed E-state index contributed by atoms with van der Waals surface area (Å²) < 4.78 is 2.08. The van der Waals surface area contributed by atoms with Gasteiger partial charge in [0.25, 0.3) is 0 Å². The molecule has 1 nitrogen and oxygen atoms in total. The molecule has 32 heavy (non-hydrogen) atoms. The van der Waals surface area contributed by atoms with Crippen molar-refractivity contribution in [2.75, 3.05) is 0 Å². The first kappa shape index (κ1) is 20.0. The molecule has 1 heteroatoms. The molecule has 0 radical (unpaired) electrons. The Labute approximate surface area is 190 Å². The van der Waals surface area contributed by atoms with E-state index in [0.717, 1.165) is 0 Å². The number of rotatable bonds is 4. The third-order valence-electron chi connectivity index (χ3n) is 5.96. The number of aryl methyl sites for hydroxylation is 2. The fourth-order valence-electron chi connectivity index (χ4n) is 4.22. The SMILES string of the molecule is Cc1ccc(-c2cc(-c3ccccc3)c(-c3cc[n+](C)cc3)c(-c3ccccc3)c2)cc1. The molecule has 0 aliphatic heterocycles. The number of hydrogen-bond donors (Lipinski definition) is 0. The van der Waals surface area contributed by atoms with E-state index < -0.39 is 0 Å². The summed E-state index contributed by atoms with van der Waals surface area (Å²) in [6.45, 7) is 2.13. The molecule has 4 aromatic carbocycles. The summed E-state index contributed by atoms with van der Waals surface area (Å²) in [6.07, 6.45) is 4.24. The van der Waals surface area contributed by atoms with E-state index >= 15 is 0 Å². The van der Waals surface area contributed by atoms with Gasteiger partial charge in [-0.2, -0.15) is 0 Å². The minimum Gasteiger partial charge on any atom is -0.208 e. The van der Waals surface area contributed by atoms with Crippen LogP contribution < -0.4 is 4.57 Å². The number of pyridine rings is 1. The molecule has 1 aromatic heterocycles. The highest BCUT2D eigenvalue weighted by Gasteiger charge is 2.17. The van der Waals surface area contributed by atoms with Crippen LogP contribution in [-0.4, -0.2) is 0 Å². The van der Waals surface area contributed by atoms with E-state index in [1.807, 2.05) is 0 Å². The van der Waals surface area contributed by atoms with Crippen LogP contribution in [-0.2, 0) is 7.05 Å². The minimum absolute atomic E-state index is 1.22. The Hall–Kier alpha value is -3.97. The number of nitrogens with zero attached hydrogens (tertiary/aromatic N) is 1. The number of hydrogen-bond acceptors (Lipinski definition) is 0. The van der Waals surface area contributed by atoms with Crippen LogP contribution in [0, 0.1) is 6.92 Å². The molecule has 0 amide bonds. The van der Waals surface area contributed by atoms with Gasteiger partial charge in [-0.05, 0) is 63.6 Å². The third kappa shape index (κ3) is 3.98. The Balaban J connectivity index is 1.86. The second-order valence-corrected chi connectivity index (χ2v) is 8.30. The van der Waals surface area contributed by atoms with Gasteiger partial charge in [0.2, 0.25) is 0 Å².